The third-order valence-electron chi connectivity index (χ3n) is 3.95. The van der Waals surface area contributed by atoms with E-state index in [4.69, 9.17) is 34.8 Å². The predicted molar refractivity (Wildman–Crippen MR) is 95.9 cm³/mol. The number of piperazine rings is 1. The molecule has 1 saturated carbocycles. The molecule has 1 heterocycles. The summed E-state index contributed by atoms with van der Waals surface area (Å²) in [5.41, 5.74) is 1.10. The second kappa shape index (κ2) is 8.44. The molecule has 0 radical (unpaired) electrons. The zero-order valence-corrected chi connectivity index (χ0v) is 15.4. The summed E-state index contributed by atoms with van der Waals surface area (Å²) >= 11 is 18.8. The highest BCUT2D eigenvalue weighted by Crippen LogP contribution is 2.48. The van der Waals surface area contributed by atoms with Crippen molar-refractivity contribution in [1.82, 2.24) is 10.2 Å². The molecule has 0 spiro atoms. The third kappa shape index (κ3) is 4.54. The van der Waals surface area contributed by atoms with Gasteiger partial charge in [-0.3, -0.25) is 4.90 Å². The van der Waals surface area contributed by atoms with E-state index in [0.717, 1.165) is 31.7 Å². The van der Waals surface area contributed by atoms with E-state index in [1.807, 2.05) is 6.07 Å². The predicted octanol–water partition coefficient (Wildman–Crippen LogP) is 4.85. The smallest absolute Gasteiger partial charge is 0.0641 e. The summed E-state index contributed by atoms with van der Waals surface area (Å²) in [5, 5.41) is 5.29. The Labute approximate surface area is 153 Å². The maximum Gasteiger partial charge on any atom is 0.0641 e. The Morgan fingerprint density at radius 3 is 2.24 bits per heavy atom. The first-order valence-electron chi connectivity index (χ1n) is 6.76. The van der Waals surface area contributed by atoms with Crippen LogP contribution in [0.4, 0.5) is 0 Å². The van der Waals surface area contributed by atoms with Gasteiger partial charge in [0.1, 0.15) is 0 Å². The Kier molecular flexibility index (Phi) is 7.90. The highest BCUT2D eigenvalue weighted by Gasteiger charge is 2.38. The van der Waals surface area contributed by atoms with Crippen molar-refractivity contribution in [3.8, 4) is 0 Å². The topological polar surface area (TPSA) is 15.3 Å². The van der Waals surface area contributed by atoms with E-state index >= 15 is 0 Å². The molecule has 2 nitrogen and oxygen atoms in total. The maximum absolute atomic E-state index is 6.42. The van der Waals surface area contributed by atoms with E-state index in [1.165, 1.54) is 12.8 Å². The van der Waals surface area contributed by atoms with Crippen LogP contribution in [0, 0.1) is 5.92 Å². The van der Waals surface area contributed by atoms with Crippen LogP contribution in [0.15, 0.2) is 12.1 Å². The molecule has 0 unspecified atom stereocenters. The van der Waals surface area contributed by atoms with Gasteiger partial charge in [0, 0.05) is 37.2 Å². The van der Waals surface area contributed by atoms with Gasteiger partial charge in [-0.1, -0.05) is 34.8 Å². The van der Waals surface area contributed by atoms with Crippen LogP contribution in [0.3, 0.4) is 0 Å². The average molecular weight is 393 g/mol. The average Bonchev–Trinajstić information content (AvgIpc) is 3.21. The molecule has 21 heavy (non-hydrogen) atoms. The molecule has 0 amide bonds. The van der Waals surface area contributed by atoms with Crippen molar-refractivity contribution in [1.29, 1.82) is 0 Å². The van der Waals surface area contributed by atoms with E-state index in [0.29, 0.717) is 27.0 Å². The van der Waals surface area contributed by atoms with Crippen molar-refractivity contribution in [2.24, 2.45) is 5.92 Å². The summed E-state index contributed by atoms with van der Waals surface area (Å²) in [4.78, 5) is 2.52. The van der Waals surface area contributed by atoms with E-state index in [9.17, 15) is 0 Å². The molecule has 2 aliphatic rings. The monoisotopic (exact) mass is 390 g/mol. The summed E-state index contributed by atoms with van der Waals surface area (Å²) < 4.78 is 0. The van der Waals surface area contributed by atoms with Gasteiger partial charge in [0.2, 0.25) is 0 Å². The summed E-state index contributed by atoms with van der Waals surface area (Å²) in [6.45, 7) is 4.19. The van der Waals surface area contributed by atoms with Gasteiger partial charge in [-0.2, -0.15) is 0 Å². The summed E-state index contributed by atoms with van der Waals surface area (Å²) in [5.74, 6) is 0.699. The van der Waals surface area contributed by atoms with Crippen LogP contribution in [0.5, 0.6) is 0 Å². The second-order valence-corrected chi connectivity index (χ2v) is 6.58. The van der Waals surface area contributed by atoms with Gasteiger partial charge in [-0.05, 0) is 36.5 Å². The largest absolute Gasteiger partial charge is 0.314 e. The Morgan fingerprint density at radius 1 is 1.05 bits per heavy atom. The van der Waals surface area contributed by atoms with Gasteiger partial charge >= 0.3 is 0 Å². The molecule has 1 N–H and O–H groups in total. The summed E-state index contributed by atoms with van der Waals surface area (Å²) in [7, 11) is 0. The van der Waals surface area contributed by atoms with Crippen molar-refractivity contribution in [3.05, 3.63) is 32.8 Å². The van der Waals surface area contributed by atoms with Gasteiger partial charge in [0.25, 0.3) is 0 Å². The SMILES string of the molecule is Cl.Cl.Clc1cc(Cl)c(Cl)c([C@H](C2CC2)N2CCNCC2)c1. The number of benzene rings is 1. The number of halogens is 5. The van der Waals surface area contributed by atoms with Crippen LogP contribution >= 0.6 is 59.6 Å². The number of nitrogens with one attached hydrogen (secondary N) is 1. The van der Waals surface area contributed by atoms with Crippen LogP contribution in [0.1, 0.15) is 24.4 Å². The Morgan fingerprint density at radius 2 is 1.67 bits per heavy atom. The maximum atomic E-state index is 6.42. The first kappa shape index (κ1) is 19.6. The fourth-order valence-corrected chi connectivity index (χ4v) is 3.64. The summed E-state index contributed by atoms with van der Waals surface area (Å²) in [6.07, 6.45) is 2.55. The fraction of sp³-hybridized carbons (Fsp3) is 0.571. The van der Waals surface area contributed by atoms with E-state index in [-0.39, 0.29) is 24.8 Å². The molecule has 1 aliphatic carbocycles. The van der Waals surface area contributed by atoms with Gasteiger partial charge in [-0.25, -0.2) is 0 Å². The van der Waals surface area contributed by atoms with Crippen LogP contribution in [-0.2, 0) is 0 Å². The fourth-order valence-electron chi connectivity index (χ4n) is 2.91. The molecule has 2 fully saturated rings. The molecular formula is C14H19Cl5N2. The van der Waals surface area contributed by atoms with Crippen molar-refractivity contribution in [2.75, 3.05) is 26.2 Å². The van der Waals surface area contributed by atoms with Crippen molar-refractivity contribution >= 4 is 59.6 Å². The van der Waals surface area contributed by atoms with Crippen LogP contribution in [0.2, 0.25) is 15.1 Å². The second-order valence-electron chi connectivity index (χ2n) is 5.36. The highest BCUT2D eigenvalue weighted by atomic mass is 35.5. The molecule has 1 aliphatic heterocycles. The lowest BCUT2D eigenvalue weighted by molar-refractivity contribution is 0.156. The molecule has 0 aromatic heterocycles. The normalized spacial score (nSPS) is 20.3. The zero-order chi connectivity index (χ0) is 13.4. The number of hydrogen-bond acceptors (Lipinski definition) is 2. The van der Waals surface area contributed by atoms with Gasteiger partial charge in [-0.15, -0.1) is 24.8 Å². The van der Waals surface area contributed by atoms with E-state index in [2.05, 4.69) is 10.2 Å². The molecule has 1 aromatic carbocycles. The van der Waals surface area contributed by atoms with Crippen LogP contribution in [0.25, 0.3) is 0 Å². The lowest BCUT2D eigenvalue weighted by atomic mass is 9.99. The Bertz CT molecular complexity index is 473. The minimum absolute atomic E-state index is 0. The summed E-state index contributed by atoms with van der Waals surface area (Å²) in [6, 6.07) is 4.07. The lowest BCUT2D eigenvalue weighted by Gasteiger charge is -2.36. The lowest BCUT2D eigenvalue weighted by Crippen LogP contribution is -2.45. The molecule has 3 rings (SSSR count). The Hall–Kier alpha value is 0.590. The standard InChI is InChI=1S/C14H17Cl3N2.2ClH/c15-10-7-11(13(17)12(16)8-10)14(9-1-2-9)19-5-3-18-4-6-19;;/h7-9,14,18H,1-6H2;2*1H/t14-;;/m0../s1. The van der Waals surface area contributed by atoms with Crippen molar-refractivity contribution in [2.45, 2.75) is 18.9 Å². The molecule has 7 heteroatoms. The Balaban J connectivity index is 0.00000110. The zero-order valence-electron chi connectivity index (χ0n) is 11.4. The minimum Gasteiger partial charge on any atom is -0.314 e. The minimum atomic E-state index is 0. The molecule has 0 bridgehead atoms. The first-order valence-corrected chi connectivity index (χ1v) is 7.89. The van der Waals surface area contributed by atoms with Gasteiger partial charge < -0.3 is 5.32 Å². The van der Waals surface area contributed by atoms with Gasteiger partial charge in [0.15, 0.2) is 0 Å². The van der Waals surface area contributed by atoms with Crippen LogP contribution < -0.4 is 5.32 Å². The number of nitrogens with zero attached hydrogens (tertiary/aromatic N) is 1. The van der Waals surface area contributed by atoms with E-state index < -0.39 is 0 Å². The number of hydrogen-bond donors (Lipinski definition) is 1. The molecule has 120 valence electrons. The van der Waals surface area contributed by atoms with Crippen molar-refractivity contribution < 1.29 is 0 Å². The molecule has 1 atom stereocenters. The van der Waals surface area contributed by atoms with E-state index in [1.54, 1.807) is 6.07 Å². The quantitative estimate of drug-likeness (QED) is 0.740. The third-order valence-corrected chi connectivity index (χ3v) is 4.99. The molecule has 1 aromatic rings. The highest BCUT2D eigenvalue weighted by molar-refractivity contribution is 6.43. The van der Waals surface area contributed by atoms with Crippen LogP contribution in [-0.4, -0.2) is 31.1 Å². The van der Waals surface area contributed by atoms with Gasteiger partial charge in [0.05, 0.1) is 10.0 Å². The molecular weight excluding hydrogens is 373 g/mol. The first-order chi connectivity index (χ1) is 9.16. The number of rotatable bonds is 3. The van der Waals surface area contributed by atoms with Crippen molar-refractivity contribution in [3.63, 3.8) is 0 Å². The molecule has 1 saturated heterocycles.